The highest BCUT2D eigenvalue weighted by molar-refractivity contribution is 9.10. The van der Waals surface area contributed by atoms with Gasteiger partial charge >= 0.3 is 5.97 Å². The fourth-order valence-electron chi connectivity index (χ4n) is 2.56. The molecule has 5 heteroatoms. The summed E-state index contributed by atoms with van der Waals surface area (Å²) in [5, 5.41) is 0. The van der Waals surface area contributed by atoms with E-state index in [1.165, 1.54) is 25.8 Å². The minimum Gasteiger partial charge on any atom is -0.469 e. The SMILES string of the molecule is COC(=O)C1CCn2c(C3CC3)nc(Br)c2C1. The number of aromatic nitrogens is 2. The van der Waals surface area contributed by atoms with Crippen molar-refractivity contribution in [2.45, 2.75) is 38.1 Å². The molecule has 3 rings (SSSR count). The number of hydrogen-bond acceptors (Lipinski definition) is 3. The Kier molecular flexibility index (Phi) is 2.73. The molecule has 92 valence electrons. The zero-order valence-electron chi connectivity index (χ0n) is 9.78. The average Bonchev–Trinajstić information content (AvgIpc) is 3.14. The number of methoxy groups -OCH3 is 1. The zero-order valence-corrected chi connectivity index (χ0v) is 11.4. The van der Waals surface area contributed by atoms with Crippen LogP contribution in [0.25, 0.3) is 0 Å². The standard InChI is InChI=1S/C12H15BrN2O2/c1-17-12(16)8-4-5-15-9(6-8)10(13)14-11(15)7-2-3-7/h7-8H,2-6H2,1H3. The van der Waals surface area contributed by atoms with E-state index in [1.54, 1.807) is 0 Å². The highest BCUT2D eigenvalue weighted by Crippen LogP contribution is 2.42. The third kappa shape index (κ3) is 1.90. The maximum Gasteiger partial charge on any atom is 0.309 e. The van der Waals surface area contributed by atoms with Crippen molar-refractivity contribution in [1.82, 2.24) is 9.55 Å². The molecule has 1 aliphatic carbocycles. The quantitative estimate of drug-likeness (QED) is 0.787. The molecule has 0 amide bonds. The Morgan fingerprint density at radius 3 is 2.88 bits per heavy atom. The smallest absolute Gasteiger partial charge is 0.309 e. The molecule has 0 N–H and O–H groups in total. The Labute approximate surface area is 108 Å². The van der Waals surface area contributed by atoms with Crippen LogP contribution in [-0.2, 0) is 22.5 Å². The van der Waals surface area contributed by atoms with E-state index in [0.717, 1.165) is 29.7 Å². The third-order valence-corrected chi connectivity index (χ3v) is 4.31. The minimum absolute atomic E-state index is 0.00690. The van der Waals surface area contributed by atoms with E-state index in [-0.39, 0.29) is 11.9 Å². The predicted molar refractivity (Wildman–Crippen MR) is 65.7 cm³/mol. The van der Waals surface area contributed by atoms with Crippen LogP contribution < -0.4 is 0 Å². The van der Waals surface area contributed by atoms with Gasteiger partial charge in [-0.1, -0.05) is 0 Å². The fraction of sp³-hybridized carbons (Fsp3) is 0.667. The second-order valence-corrected chi connectivity index (χ2v) is 5.60. The number of hydrogen-bond donors (Lipinski definition) is 0. The van der Waals surface area contributed by atoms with Crippen LogP contribution in [0.4, 0.5) is 0 Å². The first-order valence-electron chi connectivity index (χ1n) is 6.03. The molecule has 0 radical (unpaired) electrons. The van der Waals surface area contributed by atoms with Gasteiger partial charge in [-0.05, 0) is 35.2 Å². The maximum atomic E-state index is 11.6. The molecule has 0 aromatic carbocycles. The van der Waals surface area contributed by atoms with Gasteiger partial charge in [0.15, 0.2) is 0 Å². The van der Waals surface area contributed by atoms with Gasteiger partial charge in [0.25, 0.3) is 0 Å². The molecule has 1 saturated carbocycles. The molecule has 4 nitrogen and oxygen atoms in total. The lowest BCUT2D eigenvalue weighted by Crippen LogP contribution is -2.27. The van der Waals surface area contributed by atoms with E-state index in [2.05, 4.69) is 25.5 Å². The van der Waals surface area contributed by atoms with Crippen LogP contribution in [0.2, 0.25) is 0 Å². The van der Waals surface area contributed by atoms with E-state index < -0.39 is 0 Å². The van der Waals surface area contributed by atoms with Crippen LogP contribution in [-0.4, -0.2) is 22.6 Å². The first-order valence-corrected chi connectivity index (χ1v) is 6.82. The molecular weight excluding hydrogens is 284 g/mol. The van der Waals surface area contributed by atoms with Crippen molar-refractivity contribution >= 4 is 21.9 Å². The molecule has 17 heavy (non-hydrogen) atoms. The lowest BCUT2D eigenvalue weighted by molar-refractivity contribution is -0.146. The molecule has 2 heterocycles. The summed E-state index contributed by atoms with van der Waals surface area (Å²) in [7, 11) is 1.46. The van der Waals surface area contributed by atoms with Gasteiger partial charge in [0.2, 0.25) is 0 Å². The van der Waals surface area contributed by atoms with Crippen LogP contribution in [0, 0.1) is 5.92 Å². The summed E-state index contributed by atoms with van der Waals surface area (Å²) in [6.45, 7) is 0.888. The molecule has 0 spiro atoms. The summed E-state index contributed by atoms with van der Waals surface area (Å²) in [4.78, 5) is 16.2. The Morgan fingerprint density at radius 1 is 1.47 bits per heavy atom. The summed E-state index contributed by atoms with van der Waals surface area (Å²) >= 11 is 3.51. The third-order valence-electron chi connectivity index (χ3n) is 3.67. The molecule has 1 atom stereocenters. The average molecular weight is 299 g/mol. The molecule has 0 saturated heterocycles. The van der Waals surface area contributed by atoms with E-state index >= 15 is 0 Å². The topological polar surface area (TPSA) is 44.1 Å². The minimum atomic E-state index is -0.0997. The van der Waals surface area contributed by atoms with E-state index in [4.69, 9.17) is 4.74 Å². The fourth-order valence-corrected chi connectivity index (χ4v) is 3.12. The van der Waals surface area contributed by atoms with Gasteiger partial charge in [-0.15, -0.1) is 0 Å². The van der Waals surface area contributed by atoms with Crippen molar-refractivity contribution in [3.63, 3.8) is 0 Å². The van der Waals surface area contributed by atoms with E-state index in [1.807, 2.05) is 0 Å². The number of halogens is 1. The molecule has 1 unspecified atom stereocenters. The van der Waals surface area contributed by atoms with Crippen molar-refractivity contribution in [2.24, 2.45) is 5.92 Å². The van der Waals surface area contributed by atoms with Crippen LogP contribution in [0.1, 0.15) is 36.7 Å². The van der Waals surface area contributed by atoms with Gasteiger partial charge in [0.1, 0.15) is 10.4 Å². The number of esters is 1. The Hall–Kier alpha value is -0.840. The van der Waals surface area contributed by atoms with Gasteiger partial charge in [-0.25, -0.2) is 4.98 Å². The summed E-state index contributed by atoms with van der Waals surface area (Å²) in [6.07, 6.45) is 4.11. The van der Waals surface area contributed by atoms with Gasteiger partial charge in [-0.2, -0.15) is 0 Å². The number of carbonyl (C=O) groups is 1. The van der Waals surface area contributed by atoms with Crippen molar-refractivity contribution in [3.05, 3.63) is 16.1 Å². The van der Waals surface area contributed by atoms with E-state index in [0.29, 0.717) is 5.92 Å². The first kappa shape index (κ1) is 11.3. The largest absolute Gasteiger partial charge is 0.469 e. The zero-order chi connectivity index (χ0) is 12.0. The lowest BCUT2D eigenvalue weighted by atomic mass is 9.96. The van der Waals surface area contributed by atoms with Crippen molar-refractivity contribution in [3.8, 4) is 0 Å². The van der Waals surface area contributed by atoms with Gasteiger partial charge in [-0.3, -0.25) is 4.79 Å². The Morgan fingerprint density at radius 2 is 2.24 bits per heavy atom. The van der Waals surface area contributed by atoms with Crippen LogP contribution >= 0.6 is 15.9 Å². The molecule has 1 aromatic rings. The first-order chi connectivity index (χ1) is 8.20. The second-order valence-electron chi connectivity index (χ2n) is 4.85. The van der Waals surface area contributed by atoms with Crippen LogP contribution in [0.3, 0.4) is 0 Å². The number of carbonyl (C=O) groups excluding carboxylic acids is 1. The van der Waals surface area contributed by atoms with Crippen molar-refractivity contribution in [2.75, 3.05) is 7.11 Å². The molecule has 1 fully saturated rings. The summed E-state index contributed by atoms with van der Waals surface area (Å²) in [6, 6.07) is 0. The summed E-state index contributed by atoms with van der Waals surface area (Å²) < 4.78 is 8.03. The van der Waals surface area contributed by atoms with E-state index in [9.17, 15) is 4.79 Å². The second kappa shape index (κ2) is 4.12. The van der Waals surface area contributed by atoms with Crippen molar-refractivity contribution in [1.29, 1.82) is 0 Å². The number of nitrogens with zero attached hydrogens (tertiary/aromatic N) is 2. The molecule has 2 aliphatic rings. The highest BCUT2D eigenvalue weighted by atomic mass is 79.9. The van der Waals surface area contributed by atoms with Gasteiger partial charge in [0, 0.05) is 18.9 Å². The van der Waals surface area contributed by atoms with Crippen LogP contribution in [0.15, 0.2) is 4.60 Å². The Balaban J connectivity index is 1.89. The molecule has 1 aliphatic heterocycles. The predicted octanol–water partition coefficient (Wildman–Crippen LogP) is 2.26. The lowest BCUT2D eigenvalue weighted by Gasteiger charge is -2.23. The van der Waals surface area contributed by atoms with Crippen molar-refractivity contribution < 1.29 is 9.53 Å². The molecule has 0 bridgehead atoms. The van der Waals surface area contributed by atoms with Gasteiger partial charge < -0.3 is 9.30 Å². The highest BCUT2D eigenvalue weighted by Gasteiger charge is 2.34. The summed E-state index contributed by atoms with van der Waals surface area (Å²) in [5.41, 5.74) is 1.16. The number of ether oxygens (including phenoxy) is 1. The van der Waals surface area contributed by atoms with Crippen LogP contribution in [0.5, 0.6) is 0 Å². The number of rotatable bonds is 2. The Bertz CT molecular complexity index is 465. The monoisotopic (exact) mass is 298 g/mol. The maximum absolute atomic E-state index is 11.6. The normalized spacial score (nSPS) is 23.3. The van der Waals surface area contributed by atoms with Gasteiger partial charge in [0.05, 0.1) is 18.7 Å². The molecule has 1 aromatic heterocycles. The molecular formula is C12H15BrN2O2. The number of fused-ring (bicyclic) bond motifs is 1. The number of imidazole rings is 1. The summed E-state index contributed by atoms with van der Waals surface area (Å²) in [5.74, 6) is 1.75.